The first-order valence-corrected chi connectivity index (χ1v) is 10.8. The molecule has 6 nitrogen and oxygen atoms in total. The number of rotatable bonds is 4. The minimum atomic E-state index is -0.281. The number of aryl methyl sites for hydroxylation is 2. The fourth-order valence-electron chi connectivity index (χ4n) is 4.89. The van der Waals surface area contributed by atoms with Crippen molar-refractivity contribution >= 4 is 16.7 Å². The minimum Gasteiger partial charge on any atom is -0.343 e. The Morgan fingerprint density at radius 1 is 1.13 bits per heavy atom. The maximum absolute atomic E-state index is 14.2. The lowest BCUT2D eigenvalue weighted by Crippen LogP contribution is -2.45. The lowest BCUT2D eigenvalue weighted by atomic mass is 9.92. The molecule has 0 radical (unpaired) electrons. The van der Waals surface area contributed by atoms with Crippen molar-refractivity contribution in [1.82, 2.24) is 19.2 Å². The molecular weight excluding hydrogens is 395 g/mol. The Bertz CT molecular complexity index is 1190. The molecule has 3 aromatic rings. The molecule has 1 aromatic carbocycles. The number of fused-ring (bicyclic) bond motifs is 1. The Morgan fingerprint density at radius 2 is 1.81 bits per heavy atom. The van der Waals surface area contributed by atoms with E-state index in [4.69, 9.17) is 0 Å². The molecule has 1 fully saturated rings. The van der Waals surface area contributed by atoms with Crippen LogP contribution in [-0.2, 0) is 17.9 Å². The van der Waals surface area contributed by atoms with Gasteiger partial charge in [0.25, 0.3) is 5.56 Å². The molecule has 0 spiro atoms. The zero-order valence-electron chi connectivity index (χ0n) is 18.6. The van der Waals surface area contributed by atoms with Crippen molar-refractivity contribution in [3.63, 3.8) is 0 Å². The number of benzene rings is 1. The molecule has 1 amide bonds. The van der Waals surface area contributed by atoms with Crippen molar-refractivity contribution in [1.29, 1.82) is 0 Å². The molecule has 1 aliphatic rings. The number of hydrogen-bond donors (Lipinski definition) is 0. The van der Waals surface area contributed by atoms with E-state index in [1.165, 1.54) is 10.7 Å². The van der Waals surface area contributed by atoms with Crippen molar-refractivity contribution in [2.75, 3.05) is 13.1 Å². The van der Waals surface area contributed by atoms with E-state index in [-0.39, 0.29) is 23.8 Å². The number of carbonyl (C=O) groups excluding carboxylic acids is 1. The van der Waals surface area contributed by atoms with Gasteiger partial charge in [0.1, 0.15) is 12.4 Å². The Morgan fingerprint density at radius 3 is 2.48 bits per heavy atom. The molecule has 7 heteroatoms. The van der Waals surface area contributed by atoms with Gasteiger partial charge in [0.2, 0.25) is 5.91 Å². The summed E-state index contributed by atoms with van der Waals surface area (Å²) in [6.07, 6.45) is 2.76. The highest BCUT2D eigenvalue weighted by Gasteiger charge is 2.26. The Hall–Kier alpha value is -2.96. The summed E-state index contributed by atoms with van der Waals surface area (Å²) in [5.74, 6) is 0.562. The molecule has 2 atom stereocenters. The summed E-state index contributed by atoms with van der Waals surface area (Å²) >= 11 is 0. The van der Waals surface area contributed by atoms with E-state index in [0.717, 1.165) is 36.3 Å². The van der Waals surface area contributed by atoms with Crippen LogP contribution in [0.4, 0.5) is 4.39 Å². The first kappa shape index (κ1) is 21.3. The van der Waals surface area contributed by atoms with Gasteiger partial charge >= 0.3 is 0 Å². The molecule has 0 N–H and O–H groups in total. The van der Waals surface area contributed by atoms with Gasteiger partial charge in [-0.1, -0.05) is 32.0 Å². The topological polar surface area (TPSA) is 60.1 Å². The molecular formula is C24H29FN4O2. The Labute approximate surface area is 181 Å². The Balaban J connectivity index is 1.66. The molecule has 164 valence electrons. The average Bonchev–Trinajstić information content (AvgIpc) is 2.96. The highest BCUT2D eigenvalue weighted by molar-refractivity contribution is 5.87. The summed E-state index contributed by atoms with van der Waals surface area (Å²) in [6.45, 7) is 9.77. The van der Waals surface area contributed by atoms with Gasteiger partial charge in [-0.3, -0.25) is 9.59 Å². The molecule has 0 saturated carbocycles. The lowest BCUT2D eigenvalue weighted by molar-refractivity contribution is -0.134. The molecule has 4 rings (SSSR count). The molecule has 0 aliphatic carbocycles. The van der Waals surface area contributed by atoms with Crippen molar-refractivity contribution in [3.8, 4) is 0 Å². The fourth-order valence-corrected chi connectivity index (χ4v) is 4.89. The lowest BCUT2D eigenvalue weighted by Gasteiger charge is -2.35. The smallest absolute Gasteiger partial charge is 0.276 e. The normalized spacial score (nSPS) is 19.2. The van der Waals surface area contributed by atoms with Crippen LogP contribution in [0, 0.1) is 31.5 Å². The number of carbonyl (C=O) groups is 1. The summed E-state index contributed by atoms with van der Waals surface area (Å²) in [5, 5.41) is 5.57. The second kappa shape index (κ2) is 8.29. The highest BCUT2D eigenvalue weighted by Crippen LogP contribution is 2.24. The van der Waals surface area contributed by atoms with Gasteiger partial charge in [-0.25, -0.2) is 9.07 Å². The van der Waals surface area contributed by atoms with Gasteiger partial charge in [-0.15, -0.1) is 0 Å². The maximum atomic E-state index is 14.2. The van der Waals surface area contributed by atoms with Gasteiger partial charge in [0.05, 0.1) is 18.1 Å². The molecule has 0 unspecified atom stereocenters. The van der Waals surface area contributed by atoms with E-state index < -0.39 is 0 Å². The third-order valence-corrected chi connectivity index (χ3v) is 6.40. The van der Waals surface area contributed by atoms with Crippen molar-refractivity contribution in [2.24, 2.45) is 11.8 Å². The predicted octanol–water partition coefficient (Wildman–Crippen LogP) is 3.51. The number of halogens is 1. The number of aromatic nitrogens is 3. The SMILES string of the molecule is Cc1c2cnn(CC(=O)N3C[C@@H](C)C[C@H](C)C3)c(=O)c2c(C)n1Cc1ccccc1F. The van der Waals surface area contributed by atoms with Gasteiger partial charge in [0, 0.05) is 35.4 Å². The van der Waals surface area contributed by atoms with Crippen LogP contribution in [0.5, 0.6) is 0 Å². The molecule has 1 saturated heterocycles. The van der Waals surface area contributed by atoms with E-state index >= 15 is 0 Å². The van der Waals surface area contributed by atoms with Gasteiger partial charge in [0.15, 0.2) is 0 Å². The minimum absolute atomic E-state index is 0.0643. The first-order chi connectivity index (χ1) is 14.8. The van der Waals surface area contributed by atoms with Crippen LogP contribution in [0.15, 0.2) is 35.3 Å². The van der Waals surface area contributed by atoms with Crippen molar-refractivity contribution < 1.29 is 9.18 Å². The zero-order valence-corrected chi connectivity index (χ0v) is 18.6. The number of amides is 1. The summed E-state index contributed by atoms with van der Waals surface area (Å²) in [6, 6.07) is 6.64. The van der Waals surface area contributed by atoms with Crippen molar-refractivity contribution in [2.45, 2.75) is 47.2 Å². The first-order valence-electron chi connectivity index (χ1n) is 10.8. The second-order valence-electron chi connectivity index (χ2n) is 8.99. The molecule has 31 heavy (non-hydrogen) atoms. The molecule has 3 heterocycles. The van der Waals surface area contributed by atoms with Crippen LogP contribution in [-0.4, -0.2) is 38.2 Å². The largest absolute Gasteiger partial charge is 0.343 e. The van der Waals surface area contributed by atoms with Crippen LogP contribution >= 0.6 is 0 Å². The molecule has 1 aliphatic heterocycles. The number of hydrogen-bond acceptors (Lipinski definition) is 3. The van der Waals surface area contributed by atoms with Crippen LogP contribution in [0.1, 0.15) is 37.2 Å². The average molecular weight is 425 g/mol. The number of likely N-dealkylation sites (tertiary alicyclic amines) is 1. The highest BCUT2D eigenvalue weighted by atomic mass is 19.1. The monoisotopic (exact) mass is 424 g/mol. The van der Waals surface area contributed by atoms with Crippen LogP contribution in [0.3, 0.4) is 0 Å². The second-order valence-corrected chi connectivity index (χ2v) is 8.99. The molecule has 0 bridgehead atoms. The van der Waals surface area contributed by atoms with Gasteiger partial charge in [-0.2, -0.15) is 5.10 Å². The van der Waals surface area contributed by atoms with E-state index in [1.54, 1.807) is 24.4 Å². The van der Waals surface area contributed by atoms with Crippen LogP contribution < -0.4 is 5.56 Å². The standard InChI is InChI=1S/C24H29FN4O2/c1-15-9-16(2)12-27(11-15)22(30)14-29-24(31)23-18(4)28(17(3)20(23)10-26-29)13-19-7-5-6-8-21(19)25/h5-8,10,15-16H,9,11-14H2,1-4H3/t15-,16-/m0/s1. The fraction of sp³-hybridized carbons (Fsp3) is 0.458. The number of nitrogens with zero attached hydrogens (tertiary/aromatic N) is 4. The summed E-state index contributed by atoms with van der Waals surface area (Å²) in [5.41, 5.74) is 1.89. The predicted molar refractivity (Wildman–Crippen MR) is 118 cm³/mol. The zero-order chi connectivity index (χ0) is 22.3. The van der Waals surface area contributed by atoms with Crippen LogP contribution in [0.2, 0.25) is 0 Å². The van der Waals surface area contributed by atoms with E-state index in [0.29, 0.717) is 29.3 Å². The summed E-state index contributed by atoms with van der Waals surface area (Å²) < 4.78 is 17.4. The third-order valence-electron chi connectivity index (χ3n) is 6.40. The van der Waals surface area contributed by atoms with E-state index in [2.05, 4.69) is 18.9 Å². The van der Waals surface area contributed by atoms with E-state index in [9.17, 15) is 14.0 Å². The third kappa shape index (κ3) is 4.01. The summed E-state index contributed by atoms with van der Waals surface area (Å²) in [7, 11) is 0. The van der Waals surface area contributed by atoms with Gasteiger partial charge in [-0.05, 0) is 38.2 Å². The van der Waals surface area contributed by atoms with Crippen LogP contribution in [0.25, 0.3) is 10.8 Å². The Kier molecular flexibility index (Phi) is 5.69. The van der Waals surface area contributed by atoms with E-state index in [1.807, 2.05) is 23.3 Å². The number of piperidine rings is 1. The molecule has 2 aromatic heterocycles. The van der Waals surface area contributed by atoms with Gasteiger partial charge < -0.3 is 9.47 Å². The summed E-state index contributed by atoms with van der Waals surface area (Å²) in [4.78, 5) is 27.9. The quantitative estimate of drug-likeness (QED) is 0.644. The van der Waals surface area contributed by atoms with Crippen molar-refractivity contribution in [3.05, 3.63) is 63.6 Å². The maximum Gasteiger partial charge on any atom is 0.276 e.